The summed E-state index contributed by atoms with van der Waals surface area (Å²) in [5.41, 5.74) is 0. The summed E-state index contributed by atoms with van der Waals surface area (Å²) < 4.78 is 0. The summed E-state index contributed by atoms with van der Waals surface area (Å²) in [7, 11) is 1.89. The van der Waals surface area contributed by atoms with Crippen LogP contribution in [0.5, 0.6) is 0 Å². The van der Waals surface area contributed by atoms with E-state index >= 15 is 0 Å². The molecule has 1 aliphatic rings. The average molecular weight is 248 g/mol. The van der Waals surface area contributed by atoms with Crippen molar-refractivity contribution in [1.29, 1.82) is 0 Å². The molecule has 2 rings (SSSR count). The summed E-state index contributed by atoms with van der Waals surface area (Å²) in [5, 5.41) is 6.67. The van der Waals surface area contributed by atoms with Crippen molar-refractivity contribution in [2.75, 3.05) is 17.7 Å². The molecule has 1 fully saturated rings. The summed E-state index contributed by atoms with van der Waals surface area (Å²) in [6.45, 7) is 4.28. The summed E-state index contributed by atoms with van der Waals surface area (Å²) >= 11 is 0. The van der Waals surface area contributed by atoms with Gasteiger partial charge in [-0.15, -0.1) is 0 Å². The first-order chi connectivity index (χ1) is 8.69. The molecule has 1 heterocycles. The van der Waals surface area contributed by atoms with Crippen LogP contribution in [0.25, 0.3) is 0 Å². The Hall–Kier alpha value is -1.32. The van der Waals surface area contributed by atoms with E-state index < -0.39 is 0 Å². The molecule has 2 N–H and O–H groups in total. The van der Waals surface area contributed by atoms with Gasteiger partial charge in [-0.05, 0) is 25.7 Å². The lowest BCUT2D eigenvalue weighted by Crippen LogP contribution is -2.27. The predicted octanol–water partition coefficient (Wildman–Crippen LogP) is 3.21. The quantitative estimate of drug-likeness (QED) is 0.806. The van der Waals surface area contributed by atoms with Crippen molar-refractivity contribution in [1.82, 2.24) is 9.97 Å². The molecule has 0 spiro atoms. The van der Waals surface area contributed by atoms with E-state index in [1.54, 1.807) is 0 Å². The van der Waals surface area contributed by atoms with Crippen LogP contribution in [0.4, 0.5) is 11.6 Å². The van der Waals surface area contributed by atoms with Gasteiger partial charge < -0.3 is 10.6 Å². The Morgan fingerprint density at radius 2 is 1.83 bits per heavy atom. The van der Waals surface area contributed by atoms with Gasteiger partial charge >= 0.3 is 0 Å². The van der Waals surface area contributed by atoms with Crippen LogP contribution in [-0.2, 0) is 0 Å². The fraction of sp³-hybridized carbons (Fsp3) is 0.714. The van der Waals surface area contributed by atoms with E-state index in [0.29, 0.717) is 6.04 Å². The van der Waals surface area contributed by atoms with Gasteiger partial charge in [0.2, 0.25) is 0 Å². The molecule has 1 aromatic heterocycles. The molecule has 18 heavy (non-hydrogen) atoms. The van der Waals surface area contributed by atoms with E-state index in [0.717, 1.165) is 23.4 Å². The lowest BCUT2D eigenvalue weighted by Gasteiger charge is -2.23. The number of aryl methyl sites for hydroxylation is 1. The number of nitrogens with zero attached hydrogens (tertiary/aromatic N) is 2. The van der Waals surface area contributed by atoms with Crippen LogP contribution in [0.1, 0.15) is 44.9 Å². The van der Waals surface area contributed by atoms with Gasteiger partial charge in [-0.25, -0.2) is 9.97 Å². The van der Waals surface area contributed by atoms with Crippen molar-refractivity contribution >= 4 is 11.6 Å². The molecule has 0 aliphatic heterocycles. The number of rotatable bonds is 3. The Morgan fingerprint density at radius 1 is 1.11 bits per heavy atom. The molecule has 100 valence electrons. The Bertz CT molecular complexity index is 391. The molecule has 4 nitrogen and oxygen atoms in total. The smallest absolute Gasteiger partial charge is 0.132 e. The van der Waals surface area contributed by atoms with Crippen molar-refractivity contribution in [3.63, 3.8) is 0 Å². The molecule has 1 aliphatic carbocycles. The minimum absolute atomic E-state index is 0.548. The molecule has 1 saturated carbocycles. The van der Waals surface area contributed by atoms with Crippen LogP contribution in [-0.4, -0.2) is 23.1 Å². The van der Waals surface area contributed by atoms with Crippen molar-refractivity contribution in [3.05, 3.63) is 11.9 Å². The SMILES string of the molecule is CNc1cc(NC2CCCCCC2C)nc(C)n1. The van der Waals surface area contributed by atoms with Gasteiger partial charge in [0.05, 0.1) is 0 Å². The van der Waals surface area contributed by atoms with Gasteiger partial charge in [-0.2, -0.15) is 0 Å². The molecule has 2 atom stereocenters. The molecule has 4 heteroatoms. The zero-order valence-electron chi connectivity index (χ0n) is 11.7. The summed E-state index contributed by atoms with van der Waals surface area (Å²) in [4.78, 5) is 8.80. The second-order valence-electron chi connectivity index (χ2n) is 5.30. The van der Waals surface area contributed by atoms with E-state index in [-0.39, 0.29) is 0 Å². The van der Waals surface area contributed by atoms with Gasteiger partial charge in [0.1, 0.15) is 17.5 Å². The third-order valence-electron chi connectivity index (χ3n) is 3.79. The van der Waals surface area contributed by atoms with E-state index in [1.807, 2.05) is 20.0 Å². The van der Waals surface area contributed by atoms with Crippen LogP contribution in [0, 0.1) is 12.8 Å². The van der Waals surface area contributed by atoms with Gasteiger partial charge in [0.15, 0.2) is 0 Å². The maximum Gasteiger partial charge on any atom is 0.132 e. The maximum absolute atomic E-state index is 4.48. The molecular formula is C14H24N4. The second-order valence-corrected chi connectivity index (χ2v) is 5.30. The monoisotopic (exact) mass is 248 g/mol. The molecule has 1 aromatic rings. The molecule has 0 amide bonds. The van der Waals surface area contributed by atoms with Gasteiger partial charge in [-0.1, -0.05) is 26.2 Å². The Kier molecular flexibility index (Phi) is 4.39. The lowest BCUT2D eigenvalue weighted by atomic mass is 9.97. The first kappa shape index (κ1) is 13.1. The number of nitrogens with one attached hydrogen (secondary N) is 2. The molecular weight excluding hydrogens is 224 g/mol. The van der Waals surface area contributed by atoms with Crippen LogP contribution in [0.15, 0.2) is 6.07 Å². The minimum atomic E-state index is 0.548. The molecule has 0 radical (unpaired) electrons. The number of hydrogen-bond acceptors (Lipinski definition) is 4. The predicted molar refractivity (Wildman–Crippen MR) is 76.0 cm³/mol. The van der Waals surface area contributed by atoms with Crippen molar-refractivity contribution in [2.24, 2.45) is 5.92 Å². The first-order valence-corrected chi connectivity index (χ1v) is 6.99. The maximum atomic E-state index is 4.48. The molecule has 0 bridgehead atoms. The van der Waals surface area contributed by atoms with E-state index in [2.05, 4.69) is 27.5 Å². The fourth-order valence-corrected chi connectivity index (χ4v) is 2.67. The topological polar surface area (TPSA) is 49.8 Å². The van der Waals surface area contributed by atoms with Gasteiger partial charge in [0.25, 0.3) is 0 Å². The normalized spacial score (nSPS) is 24.4. The molecule has 2 unspecified atom stereocenters. The van der Waals surface area contributed by atoms with Crippen LogP contribution < -0.4 is 10.6 Å². The van der Waals surface area contributed by atoms with Crippen molar-refractivity contribution in [3.8, 4) is 0 Å². The zero-order valence-corrected chi connectivity index (χ0v) is 11.7. The number of anilines is 2. The summed E-state index contributed by atoms with van der Waals surface area (Å²) in [6, 6.07) is 2.54. The lowest BCUT2D eigenvalue weighted by molar-refractivity contribution is 0.455. The standard InChI is InChI=1S/C14H24N4/c1-10-7-5-4-6-8-12(10)18-14-9-13(15-3)16-11(2)17-14/h9-10,12H,4-8H2,1-3H3,(H2,15,16,17,18). The highest BCUT2D eigenvalue weighted by atomic mass is 15.1. The van der Waals surface area contributed by atoms with Gasteiger partial charge in [0, 0.05) is 19.2 Å². The van der Waals surface area contributed by atoms with Crippen LogP contribution >= 0.6 is 0 Å². The summed E-state index contributed by atoms with van der Waals surface area (Å²) in [6.07, 6.45) is 6.63. The van der Waals surface area contributed by atoms with E-state index in [1.165, 1.54) is 32.1 Å². The number of aromatic nitrogens is 2. The van der Waals surface area contributed by atoms with Crippen molar-refractivity contribution < 1.29 is 0 Å². The minimum Gasteiger partial charge on any atom is -0.373 e. The average Bonchev–Trinajstić information content (AvgIpc) is 2.54. The molecule has 0 saturated heterocycles. The fourth-order valence-electron chi connectivity index (χ4n) is 2.67. The van der Waals surface area contributed by atoms with Crippen LogP contribution in [0.2, 0.25) is 0 Å². The third-order valence-corrected chi connectivity index (χ3v) is 3.79. The van der Waals surface area contributed by atoms with E-state index in [4.69, 9.17) is 0 Å². The highest BCUT2D eigenvalue weighted by Gasteiger charge is 2.20. The van der Waals surface area contributed by atoms with Gasteiger partial charge in [-0.3, -0.25) is 0 Å². The van der Waals surface area contributed by atoms with Crippen LogP contribution in [0.3, 0.4) is 0 Å². The first-order valence-electron chi connectivity index (χ1n) is 6.99. The van der Waals surface area contributed by atoms with Crippen molar-refractivity contribution in [2.45, 2.75) is 52.0 Å². The Balaban J connectivity index is 2.09. The van der Waals surface area contributed by atoms with E-state index in [9.17, 15) is 0 Å². The highest BCUT2D eigenvalue weighted by molar-refractivity contribution is 5.47. The largest absolute Gasteiger partial charge is 0.373 e. The highest BCUT2D eigenvalue weighted by Crippen LogP contribution is 2.25. The third kappa shape index (κ3) is 3.34. The Labute approximate surface area is 110 Å². The second kappa shape index (κ2) is 6.03. The number of hydrogen-bond donors (Lipinski definition) is 2. The summed E-state index contributed by atoms with van der Waals surface area (Å²) in [5.74, 6) is 3.36. The molecule has 0 aromatic carbocycles. The zero-order chi connectivity index (χ0) is 13.0. The Morgan fingerprint density at radius 3 is 2.61 bits per heavy atom.